The van der Waals surface area contributed by atoms with Crippen molar-refractivity contribution in [2.45, 2.75) is 10.00 Å². The molecule has 1 unspecified atom stereocenters. The summed E-state index contributed by atoms with van der Waals surface area (Å²) in [4.78, 5) is 0. The van der Waals surface area contributed by atoms with Gasteiger partial charge in [0.15, 0.2) is 0 Å². The molecule has 0 aromatic heterocycles. The molecule has 4 N–H and O–H groups in total. The number of hydrogen-bond donors (Lipinski definition) is 4. The maximum atomic E-state index is 12.9. The molecule has 1 atom stereocenters. The van der Waals surface area contributed by atoms with Crippen LogP contribution in [0.15, 0.2) is 144 Å². The number of nitrogens with one attached hydrogen (secondary N) is 2. The van der Waals surface area contributed by atoms with E-state index in [1.807, 2.05) is 72.8 Å². The summed E-state index contributed by atoms with van der Waals surface area (Å²) in [6.45, 7) is 0. The molecule has 0 bridgehead atoms. The monoisotopic (exact) mass is 678 g/mol. The number of rotatable bonds is 7. The van der Waals surface area contributed by atoms with Crippen LogP contribution in [0.2, 0.25) is 0 Å². The largest absolute Gasteiger partial charge is 1.00 e. The Balaban J connectivity index is 0.00000184. The Labute approximate surface area is 344 Å². The third kappa shape index (κ3) is 6.62. The molecule has 0 fully saturated rings. The summed E-state index contributed by atoms with van der Waals surface area (Å²) in [6.07, 6.45) is 7.06. The van der Waals surface area contributed by atoms with Gasteiger partial charge in [-0.1, -0.05) is 85.0 Å². The minimum absolute atomic E-state index is 0. The zero-order valence-electron chi connectivity index (χ0n) is 26.0. The number of anilines is 3. The van der Waals surface area contributed by atoms with Gasteiger partial charge in [-0.15, -0.1) is 0 Å². The average Bonchev–Trinajstić information content (AvgIpc) is 2.97. The van der Waals surface area contributed by atoms with Gasteiger partial charge in [-0.3, -0.25) is 9.11 Å². The molecular formula is C32H28K2N2O6S2. The van der Waals surface area contributed by atoms with E-state index in [4.69, 9.17) is 0 Å². The number of allylic oxidation sites excluding steroid dienone is 5. The molecule has 12 heteroatoms. The molecule has 2 aliphatic carbocycles. The van der Waals surface area contributed by atoms with Crippen LogP contribution < -0.4 is 113 Å². The van der Waals surface area contributed by atoms with E-state index >= 15 is 0 Å². The van der Waals surface area contributed by atoms with Crippen LogP contribution in [0, 0.1) is 0 Å². The molecule has 0 amide bonds. The standard InChI is InChI=1S/C32H26N2O6S2.2K.2H/c35-41(36,37)32(42(38,39)40)21-9-16-28-26(18-20-30(31(28)32)34-23-12-5-2-6-13-23)25-17-19-29(27-15-8-7-14-24(25)27)33-22-10-3-1-4-11-22;;;;/h1-21,26,33-34H,(H,35,36,37)(H,38,39,40);;;;/q;2*+1;2*-1. The average molecular weight is 679 g/mol. The summed E-state index contributed by atoms with van der Waals surface area (Å²) in [5.74, 6) is -0.621. The summed E-state index contributed by atoms with van der Waals surface area (Å²) in [5, 5.41) is 8.26. The molecule has 0 radical (unpaired) electrons. The fourth-order valence-electron chi connectivity index (χ4n) is 5.62. The summed E-state index contributed by atoms with van der Waals surface area (Å²) < 4.78 is 69.4. The molecule has 2 aliphatic rings. The second-order valence-electron chi connectivity index (χ2n) is 9.95. The molecule has 0 saturated carbocycles. The van der Waals surface area contributed by atoms with Gasteiger partial charge >= 0.3 is 103 Å². The smallest absolute Gasteiger partial charge is 1.00 e. The summed E-state index contributed by atoms with van der Waals surface area (Å²) in [5.41, 5.74) is 3.21. The van der Waals surface area contributed by atoms with Crippen LogP contribution in [0.1, 0.15) is 14.3 Å². The van der Waals surface area contributed by atoms with Crippen LogP contribution in [-0.4, -0.2) is 30.0 Å². The van der Waals surface area contributed by atoms with Crippen molar-refractivity contribution >= 4 is 48.1 Å². The van der Waals surface area contributed by atoms with Crippen molar-refractivity contribution in [3.05, 3.63) is 150 Å². The Hall–Kier alpha value is -1.21. The van der Waals surface area contributed by atoms with Gasteiger partial charge in [-0.05, 0) is 59.0 Å². The normalized spacial score (nSPS) is 17.1. The molecule has 4 aromatic carbocycles. The van der Waals surface area contributed by atoms with Gasteiger partial charge in [0, 0.05) is 39.6 Å². The Kier molecular flexibility index (Phi) is 11.6. The molecule has 6 rings (SSSR count). The van der Waals surface area contributed by atoms with Crippen molar-refractivity contribution in [1.29, 1.82) is 0 Å². The van der Waals surface area contributed by atoms with E-state index < -0.39 is 30.2 Å². The quantitative estimate of drug-likeness (QED) is 0.167. The fraction of sp³-hybridized carbons (Fsp3) is 0.0625. The van der Waals surface area contributed by atoms with E-state index in [1.165, 1.54) is 6.08 Å². The molecule has 0 spiro atoms. The van der Waals surface area contributed by atoms with Crippen molar-refractivity contribution in [3.8, 4) is 0 Å². The zero-order chi connectivity index (χ0) is 29.5. The predicted molar refractivity (Wildman–Crippen MR) is 168 cm³/mol. The van der Waals surface area contributed by atoms with Crippen LogP contribution in [0.25, 0.3) is 10.8 Å². The molecule has 4 aromatic rings. The van der Waals surface area contributed by atoms with Gasteiger partial charge < -0.3 is 13.5 Å². The summed E-state index contributed by atoms with van der Waals surface area (Å²) >= 11 is 0. The SMILES string of the molecule is O=S(=O)(O)C1(S(=O)(=O)O)C=CC=C2C1=C(Nc1ccccc1)C=CC2c1ccc(Nc2ccccc2)c2ccccc12.[H-].[H-].[K+].[K+]. The van der Waals surface area contributed by atoms with E-state index in [1.54, 1.807) is 42.5 Å². The zero-order valence-corrected chi connectivity index (χ0v) is 31.9. The molecule has 216 valence electrons. The van der Waals surface area contributed by atoms with Crippen molar-refractivity contribution in [2.24, 2.45) is 0 Å². The first kappa shape index (κ1) is 35.6. The maximum Gasteiger partial charge on any atom is 1.00 e. The van der Waals surface area contributed by atoms with Gasteiger partial charge in [0.2, 0.25) is 0 Å². The Morgan fingerprint density at radius 2 is 1.23 bits per heavy atom. The minimum Gasteiger partial charge on any atom is -1.00 e. The van der Waals surface area contributed by atoms with Crippen LogP contribution in [0.4, 0.5) is 17.1 Å². The van der Waals surface area contributed by atoms with Crippen LogP contribution in [0.3, 0.4) is 0 Å². The van der Waals surface area contributed by atoms with E-state index in [0.29, 0.717) is 11.3 Å². The topological polar surface area (TPSA) is 133 Å². The van der Waals surface area contributed by atoms with Crippen molar-refractivity contribution in [1.82, 2.24) is 0 Å². The Bertz CT molecular complexity index is 2020. The van der Waals surface area contributed by atoms with Gasteiger partial charge in [0.05, 0.1) is 0 Å². The molecule has 8 nitrogen and oxygen atoms in total. The van der Waals surface area contributed by atoms with Gasteiger partial charge in [-0.2, -0.15) is 16.8 Å². The molecule has 0 aliphatic heterocycles. The van der Waals surface area contributed by atoms with Crippen molar-refractivity contribution in [3.63, 3.8) is 0 Å². The van der Waals surface area contributed by atoms with E-state index in [-0.39, 0.29) is 117 Å². The predicted octanol–water partition coefficient (Wildman–Crippen LogP) is 0.804. The van der Waals surface area contributed by atoms with Gasteiger partial charge in [0.25, 0.3) is 24.3 Å². The third-order valence-electron chi connectivity index (χ3n) is 7.45. The van der Waals surface area contributed by atoms with Crippen LogP contribution in [-0.2, 0) is 20.2 Å². The van der Waals surface area contributed by atoms with Gasteiger partial charge in [-0.25, -0.2) is 0 Å². The molecule has 44 heavy (non-hydrogen) atoms. The van der Waals surface area contributed by atoms with Crippen LogP contribution >= 0.6 is 0 Å². The first-order valence-electron chi connectivity index (χ1n) is 13.0. The molecule has 0 saturated heterocycles. The summed E-state index contributed by atoms with van der Waals surface area (Å²) in [7, 11) is -10.9. The molecule has 0 heterocycles. The van der Waals surface area contributed by atoms with Gasteiger partial charge in [0.1, 0.15) is 0 Å². The van der Waals surface area contributed by atoms with E-state index in [9.17, 15) is 25.9 Å². The Morgan fingerprint density at radius 3 is 1.82 bits per heavy atom. The fourth-order valence-corrected chi connectivity index (χ4v) is 8.16. The third-order valence-corrected chi connectivity index (χ3v) is 10.9. The molecular weight excluding hydrogens is 651 g/mol. The number of fused-ring (bicyclic) bond motifs is 2. The second-order valence-corrected chi connectivity index (χ2v) is 13.4. The minimum atomic E-state index is -5.44. The second kappa shape index (κ2) is 14.3. The number of hydrogen-bond acceptors (Lipinski definition) is 6. The first-order chi connectivity index (χ1) is 20.1. The summed E-state index contributed by atoms with van der Waals surface area (Å²) in [6, 6.07) is 30.0. The van der Waals surface area contributed by atoms with E-state index in [0.717, 1.165) is 33.8 Å². The number of para-hydroxylation sites is 2. The van der Waals surface area contributed by atoms with Crippen molar-refractivity contribution in [2.75, 3.05) is 10.6 Å². The van der Waals surface area contributed by atoms with E-state index in [2.05, 4.69) is 10.6 Å². The Morgan fingerprint density at radius 1 is 0.682 bits per heavy atom. The van der Waals surface area contributed by atoms with Crippen molar-refractivity contribution < 1.29 is 132 Å². The number of benzene rings is 4. The first-order valence-corrected chi connectivity index (χ1v) is 15.9. The van der Waals surface area contributed by atoms with Crippen LogP contribution in [0.5, 0.6) is 0 Å². The maximum absolute atomic E-state index is 12.9.